The van der Waals surface area contributed by atoms with E-state index in [-0.39, 0.29) is 11.7 Å². The van der Waals surface area contributed by atoms with Crippen LogP contribution < -0.4 is 11.0 Å². The molecule has 0 unspecified atom stereocenters. The van der Waals surface area contributed by atoms with Crippen molar-refractivity contribution in [3.63, 3.8) is 0 Å². The van der Waals surface area contributed by atoms with Crippen molar-refractivity contribution in [1.82, 2.24) is 19.4 Å². The maximum Gasteiger partial charge on any atom is 0.346 e. The van der Waals surface area contributed by atoms with E-state index in [1.54, 1.807) is 18.3 Å². The molecular formula is C18H13N5O2. The lowest BCUT2D eigenvalue weighted by Gasteiger charge is -2.04. The fraction of sp³-hybridized carbons (Fsp3) is 0. The summed E-state index contributed by atoms with van der Waals surface area (Å²) in [5.74, 6) is -0.0493. The number of H-pyrrole nitrogens is 1. The quantitative estimate of drug-likeness (QED) is 0.603. The minimum absolute atomic E-state index is 0.290. The van der Waals surface area contributed by atoms with E-state index in [1.807, 2.05) is 40.9 Å². The summed E-state index contributed by atoms with van der Waals surface area (Å²) in [6, 6.07) is 14.7. The van der Waals surface area contributed by atoms with Crippen LogP contribution in [-0.4, -0.2) is 25.3 Å². The second kappa shape index (κ2) is 6.04. The van der Waals surface area contributed by atoms with Gasteiger partial charge in [0.25, 0.3) is 5.91 Å². The van der Waals surface area contributed by atoms with E-state index in [1.165, 1.54) is 12.3 Å². The van der Waals surface area contributed by atoms with Gasteiger partial charge in [-0.15, -0.1) is 0 Å². The first kappa shape index (κ1) is 14.8. The van der Waals surface area contributed by atoms with Crippen LogP contribution in [0.1, 0.15) is 10.4 Å². The SMILES string of the molecule is O=C(Nc1ccnc(=O)[nH]1)c1ccn2cc(-c3ccccc3)nc2c1. The van der Waals surface area contributed by atoms with Crippen LogP contribution in [0.3, 0.4) is 0 Å². The predicted octanol–water partition coefficient (Wildman–Crippen LogP) is 2.34. The number of nitrogens with one attached hydrogen (secondary N) is 2. The number of hydrogen-bond acceptors (Lipinski definition) is 4. The minimum Gasteiger partial charge on any atom is -0.308 e. The van der Waals surface area contributed by atoms with Crippen molar-refractivity contribution in [1.29, 1.82) is 0 Å². The molecule has 0 aliphatic carbocycles. The van der Waals surface area contributed by atoms with Crippen LogP contribution in [-0.2, 0) is 0 Å². The van der Waals surface area contributed by atoms with E-state index in [4.69, 9.17) is 0 Å². The molecule has 122 valence electrons. The number of benzene rings is 1. The Morgan fingerprint density at radius 1 is 1.12 bits per heavy atom. The fourth-order valence-electron chi connectivity index (χ4n) is 2.51. The number of carbonyl (C=O) groups excluding carboxylic acids is 1. The molecule has 4 aromatic rings. The average molecular weight is 331 g/mol. The Bertz CT molecular complexity index is 1110. The molecule has 25 heavy (non-hydrogen) atoms. The van der Waals surface area contributed by atoms with E-state index in [2.05, 4.69) is 20.3 Å². The van der Waals surface area contributed by atoms with Crippen LogP contribution in [0.15, 0.2) is 71.9 Å². The highest BCUT2D eigenvalue weighted by atomic mass is 16.2. The molecule has 7 heteroatoms. The van der Waals surface area contributed by atoms with Crippen molar-refractivity contribution in [2.24, 2.45) is 0 Å². The summed E-state index contributed by atoms with van der Waals surface area (Å²) in [6.45, 7) is 0. The highest BCUT2D eigenvalue weighted by Crippen LogP contribution is 2.19. The number of carbonyl (C=O) groups is 1. The van der Waals surface area contributed by atoms with Crippen molar-refractivity contribution in [3.8, 4) is 11.3 Å². The van der Waals surface area contributed by atoms with Crippen LogP contribution in [0.4, 0.5) is 5.82 Å². The molecule has 1 aromatic carbocycles. The van der Waals surface area contributed by atoms with Crippen LogP contribution >= 0.6 is 0 Å². The van der Waals surface area contributed by atoms with Gasteiger partial charge >= 0.3 is 5.69 Å². The average Bonchev–Trinajstić information content (AvgIpc) is 3.06. The minimum atomic E-state index is -0.519. The van der Waals surface area contributed by atoms with Gasteiger partial charge in [0.05, 0.1) is 5.69 Å². The summed E-state index contributed by atoms with van der Waals surface area (Å²) in [7, 11) is 0. The summed E-state index contributed by atoms with van der Waals surface area (Å²) < 4.78 is 1.85. The standard InChI is InChI=1S/C18H13N5O2/c24-17(21-15-6-8-19-18(25)22-15)13-7-9-23-11-14(20-16(23)10-13)12-4-2-1-3-5-12/h1-11H,(H2,19,21,22,24,25). The molecule has 0 bridgehead atoms. The number of amides is 1. The first-order valence-corrected chi connectivity index (χ1v) is 7.60. The van der Waals surface area contributed by atoms with Crippen molar-refractivity contribution in [3.05, 3.63) is 83.2 Å². The van der Waals surface area contributed by atoms with Crippen LogP contribution in [0.2, 0.25) is 0 Å². The van der Waals surface area contributed by atoms with Crippen LogP contribution in [0, 0.1) is 0 Å². The number of fused-ring (bicyclic) bond motifs is 1. The molecule has 3 aromatic heterocycles. The predicted molar refractivity (Wildman–Crippen MR) is 93.4 cm³/mol. The molecule has 0 fully saturated rings. The number of nitrogens with zero attached hydrogens (tertiary/aromatic N) is 3. The monoisotopic (exact) mass is 331 g/mol. The highest BCUT2D eigenvalue weighted by molar-refractivity contribution is 6.04. The first-order chi connectivity index (χ1) is 12.2. The van der Waals surface area contributed by atoms with Gasteiger partial charge in [0.15, 0.2) is 0 Å². The third-order valence-corrected chi connectivity index (χ3v) is 3.71. The molecule has 4 rings (SSSR count). The van der Waals surface area contributed by atoms with Gasteiger partial charge in [0, 0.05) is 29.7 Å². The lowest BCUT2D eigenvalue weighted by atomic mass is 10.2. The zero-order valence-electron chi connectivity index (χ0n) is 13.0. The van der Waals surface area contributed by atoms with Gasteiger partial charge in [0.1, 0.15) is 11.5 Å². The normalized spacial score (nSPS) is 10.7. The van der Waals surface area contributed by atoms with Gasteiger partial charge in [-0.25, -0.2) is 14.8 Å². The zero-order chi connectivity index (χ0) is 17.2. The van der Waals surface area contributed by atoms with Gasteiger partial charge in [0.2, 0.25) is 0 Å². The smallest absolute Gasteiger partial charge is 0.308 e. The summed E-state index contributed by atoms with van der Waals surface area (Å²) in [5.41, 5.74) is 2.42. The van der Waals surface area contributed by atoms with Gasteiger partial charge in [-0.3, -0.25) is 9.78 Å². The Kier molecular flexibility index (Phi) is 3.59. The topological polar surface area (TPSA) is 92.1 Å². The molecule has 0 spiro atoms. The fourth-order valence-corrected chi connectivity index (χ4v) is 2.51. The van der Waals surface area contributed by atoms with Crippen molar-refractivity contribution < 1.29 is 4.79 Å². The van der Waals surface area contributed by atoms with Gasteiger partial charge in [-0.2, -0.15) is 0 Å². The van der Waals surface area contributed by atoms with E-state index < -0.39 is 5.69 Å². The molecule has 3 heterocycles. The summed E-state index contributed by atoms with van der Waals surface area (Å²) >= 11 is 0. The van der Waals surface area contributed by atoms with E-state index in [9.17, 15) is 9.59 Å². The third-order valence-electron chi connectivity index (χ3n) is 3.71. The lowest BCUT2D eigenvalue weighted by Crippen LogP contribution is -2.17. The molecule has 2 N–H and O–H groups in total. The Morgan fingerprint density at radius 3 is 2.76 bits per heavy atom. The third kappa shape index (κ3) is 3.02. The number of imidazole rings is 1. The van der Waals surface area contributed by atoms with Crippen molar-refractivity contribution >= 4 is 17.4 Å². The Hall–Kier alpha value is -3.74. The number of hydrogen-bond donors (Lipinski definition) is 2. The summed E-state index contributed by atoms with van der Waals surface area (Å²) in [6.07, 6.45) is 5.02. The number of anilines is 1. The molecule has 0 atom stereocenters. The van der Waals surface area contributed by atoms with Crippen molar-refractivity contribution in [2.45, 2.75) is 0 Å². The first-order valence-electron chi connectivity index (χ1n) is 7.60. The lowest BCUT2D eigenvalue weighted by molar-refractivity contribution is 0.102. The molecular weight excluding hydrogens is 318 g/mol. The highest BCUT2D eigenvalue weighted by Gasteiger charge is 2.10. The van der Waals surface area contributed by atoms with Crippen LogP contribution in [0.5, 0.6) is 0 Å². The second-order valence-corrected chi connectivity index (χ2v) is 5.42. The zero-order valence-corrected chi connectivity index (χ0v) is 13.0. The van der Waals surface area contributed by atoms with E-state index >= 15 is 0 Å². The summed E-state index contributed by atoms with van der Waals surface area (Å²) in [4.78, 5) is 34.1. The molecule has 0 saturated heterocycles. The van der Waals surface area contributed by atoms with E-state index in [0.717, 1.165) is 11.3 Å². The number of aromatic nitrogens is 4. The maximum absolute atomic E-state index is 12.4. The molecule has 7 nitrogen and oxygen atoms in total. The number of aromatic amines is 1. The van der Waals surface area contributed by atoms with Gasteiger partial charge < -0.3 is 9.72 Å². The second-order valence-electron chi connectivity index (χ2n) is 5.42. The molecule has 0 aliphatic rings. The number of pyridine rings is 1. The maximum atomic E-state index is 12.4. The molecule has 0 radical (unpaired) electrons. The Balaban J connectivity index is 1.64. The number of rotatable bonds is 3. The molecule has 0 saturated carbocycles. The van der Waals surface area contributed by atoms with E-state index in [0.29, 0.717) is 11.2 Å². The molecule has 1 amide bonds. The summed E-state index contributed by atoms with van der Waals surface area (Å²) in [5, 5.41) is 2.63. The largest absolute Gasteiger partial charge is 0.346 e. The van der Waals surface area contributed by atoms with Crippen LogP contribution in [0.25, 0.3) is 16.9 Å². The van der Waals surface area contributed by atoms with Crippen molar-refractivity contribution in [2.75, 3.05) is 5.32 Å². The van der Waals surface area contributed by atoms with Gasteiger partial charge in [-0.05, 0) is 18.2 Å². The Labute approximate surface area is 142 Å². The molecule has 0 aliphatic heterocycles. The van der Waals surface area contributed by atoms with Gasteiger partial charge in [-0.1, -0.05) is 30.3 Å². The Morgan fingerprint density at radius 2 is 1.96 bits per heavy atom.